The predicted molar refractivity (Wildman–Crippen MR) is 34.5 cm³/mol. The van der Waals surface area contributed by atoms with E-state index in [9.17, 15) is 4.79 Å². The van der Waals surface area contributed by atoms with Crippen molar-refractivity contribution in [1.82, 2.24) is 0 Å². The first-order valence-corrected chi connectivity index (χ1v) is 2.70. The van der Waals surface area contributed by atoms with Crippen molar-refractivity contribution in [1.29, 1.82) is 0 Å². The predicted octanol–water partition coefficient (Wildman–Crippen LogP) is 0.102. The van der Waals surface area contributed by atoms with Gasteiger partial charge in [-0.15, -0.1) is 0 Å². The normalized spacial score (nSPS) is 15.6. The summed E-state index contributed by atoms with van der Waals surface area (Å²) < 4.78 is 9.52. The van der Waals surface area contributed by atoms with Crippen molar-refractivity contribution in [2.24, 2.45) is 4.99 Å². The molecular weight excluding hydrogens is 134 g/mol. The van der Waals surface area contributed by atoms with Gasteiger partial charge in [0.1, 0.15) is 0 Å². The summed E-state index contributed by atoms with van der Waals surface area (Å²) in [7, 11) is 2.94. The minimum absolute atomic E-state index is 0.305. The number of carbonyl (C=O) groups is 1. The number of nitrogens with zero attached hydrogens (tertiary/aromatic N) is 1. The highest BCUT2D eigenvalue weighted by molar-refractivity contribution is 6.38. The van der Waals surface area contributed by atoms with Gasteiger partial charge >= 0.3 is 0 Å². The Balaban J connectivity index is 2.69. The summed E-state index contributed by atoms with van der Waals surface area (Å²) in [5, 5.41) is 0. The molecule has 10 heavy (non-hydrogen) atoms. The molecule has 0 atom stereocenters. The second-order valence-electron chi connectivity index (χ2n) is 1.66. The van der Waals surface area contributed by atoms with Gasteiger partial charge in [0.2, 0.25) is 5.76 Å². The van der Waals surface area contributed by atoms with E-state index in [0.29, 0.717) is 23.6 Å². The first-order valence-electron chi connectivity index (χ1n) is 2.70. The molecule has 0 bridgehead atoms. The summed E-state index contributed by atoms with van der Waals surface area (Å²) >= 11 is 0. The highest BCUT2D eigenvalue weighted by atomic mass is 16.5. The molecule has 0 unspecified atom stereocenters. The zero-order valence-corrected chi connectivity index (χ0v) is 5.75. The summed E-state index contributed by atoms with van der Waals surface area (Å²) in [5.74, 6) is 0.808. The van der Waals surface area contributed by atoms with Crippen LogP contribution in [0.5, 0.6) is 0 Å². The number of hydrogen-bond acceptors (Lipinski definition) is 4. The van der Waals surface area contributed by atoms with E-state index in [1.54, 1.807) is 0 Å². The van der Waals surface area contributed by atoms with Crippen molar-refractivity contribution < 1.29 is 14.3 Å². The van der Waals surface area contributed by atoms with E-state index < -0.39 is 0 Å². The standard InChI is InChI=1S/C6H7NO3/c1-9-5-4(3-8)7-6(5)10-2/h3H,1-2H3. The molecule has 0 aromatic rings. The smallest absolute Gasteiger partial charge is 0.260 e. The lowest BCUT2D eigenvalue weighted by atomic mass is 10.2. The molecule has 4 heteroatoms. The Morgan fingerprint density at radius 3 is 2.50 bits per heavy atom. The number of ether oxygens (including phenoxy) is 2. The van der Waals surface area contributed by atoms with Crippen molar-refractivity contribution in [2.75, 3.05) is 14.2 Å². The maximum Gasteiger partial charge on any atom is 0.260 e. The van der Waals surface area contributed by atoms with Crippen molar-refractivity contribution in [3.8, 4) is 0 Å². The van der Waals surface area contributed by atoms with Crippen molar-refractivity contribution in [3.63, 3.8) is 0 Å². The summed E-state index contributed by atoms with van der Waals surface area (Å²) in [6.45, 7) is 0. The summed E-state index contributed by atoms with van der Waals surface area (Å²) in [6, 6.07) is 0. The number of aliphatic imine (C=N–C) groups is 1. The Hall–Kier alpha value is -1.32. The third-order valence-electron chi connectivity index (χ3n) is 1.16. The number of rotatable bonds is 3. The van der Waals surface area contributed by atoms with Crippen molar-refractivity contribution in [2.45, 2.75) is 0 Å². The van der Waals surface area contributed by atoms with Gasteiger partial charge in [-0.25, -0.2) is 4.99 Å². The van der Waals surface area contributed by atoms with Crippen LogP contribution in [0.3, 0.4) is 0 Å². The molecule has 0 aromatic carbocycles. The zero-order chi connectivity index (χ0) is 7.56. The fourth-order valence-electron chi connectivity index (χ4n) is 0.678. The van der Waals surface area contributed by atoms with Crippen LogP contribution in [0.4, 0.5) is 0 Å². The average Bonchev–Trinajstić information content (AvgIpc) is 1.89. The van der Waals surface area contributed by atoms with Crippen molar-refractivity contribution >= 4 is 12.0 Å². The first kappa shape index (κ1) is 6.80. The maximum absolute atomic E-state index is 10.1. The van der Waals surface area contributed by atoms with Crippen LogP contribution in [0.15, 0.2) is 16.6 Å². The number of aldehydes is 1. The largest absolute Gasteiger partial charge is 0.490 e. The fourth-order valence-corrected chi connectivity index (χ4v) is 0.678. The Morgan fingerprint density at radius 2 is 2.10 bits per heavy atom. The molecule has 0 saturated heterocycles. The highest BCUT2D eigenvalue weighted by Gasteiger charge is 2.23. The van der Waals surface area contributed by atoms with Gasteiger partial charge in [0.25, 0.3) is 5.88 Å². The van der Waals surface area contributed by atoms with E-state index in [2.05, 4.69) is 4.99 Å². The van der Waals surface area contributed by atoms with Gasteiger partial charge in [0.05, 0.1) is 14.2 Å². The molecule has 1 heterocycles. The Kier molecular flexibility index (Phi) is 1.71. The minimum atomic E-state index is 0.305. The molecule has 0 saturated carbocycles. The Morgan fingerprint density at radius 1 is 1.40 bits per heavy atom. The number of allylic oxidation sites excluding steroid dienone is 1. The van der Waals surface area contributed by atoms with Crippen LogP contribution < -0.4 is 0 Å². The quantitative estimate of drug-likeness (QED) is 0.524. The van der Waals surface area contributed by atoms with Crippen LogP contribution >= 0.6 is 0 Å². The average molecular weight is 141 g/mol. The van der Waals surface area contributed by atoms with Crippen LogP contribution in [0.2, 0.25) is 0 Å². The topological polar surface area (TPSA) is 47.9 Å². The van der Waals surface area contributed by atoms with Crippen LogP contribution in [-0.2, 0) is 14.3 Å². The van der Waals surface area contributed by atoms with Crippen LogP contribution in [0, 0.1) is 0 Å². The SMILES string of the molecule is COC1=C(OC)C(C=O)=N1. The van der Waals surface area contributed by atoms with Gasteiger partial charge in [0.15, 0.2) is 12.0 Å². The van der Waals surface area contributed by atoms with Crippen LogP contribution in [0.1, 0.15) is 0 Å². The number of hydrogen-bond donors (Lipinski definition) is 0. The minimum Gasteiger partial charge on any atom is -0.490 e. The molecule has 1 aliphatic rings. The van der Waals surface area contributed by atoms with Crippen molar-refractivity contribution in [3.05, 3.63) is 11.6 Å². The summed E-state index contributed by atoms with van der Waals surface area (Å²) in [6.07, 6.45) is 0.626. The van der Waals surface area contributed by atoms with E-state index in [1.165, 1.54) is 14.2 Å². The second kappa shape index (κ2) is 2.51. The number of methoxy groups -OCH3 is 2. The molecule has 0 fully saturated rings. The van der Waals surface area contributed by atoms with Gasteiger partial charge in [-0.3, -0.25) is 4.79 Å². The monoisotopic (exact) mass is 141 g/mol. The Bertz CT molecular complexity index is 217. The zero-order valence-electron chi connectivity index (χ0n) is 5.75. The molecule has 0 aliphatic carbocycles. The highest BCUT2D eigenvalue weighted by Crippen LogP contribution is 2.18. The van der Waals surface area contributed by atoms with E-state index >= 15 is 0 Å². The van der Waals surface area contributed by atoms with E-state index in [0.717, 1.165) is 0 Å². The lowest BCUT2D eigenvalue weighted by Gasteiger charge is -2.15. The van der Waals surface area contributed by atoms with E-state index in [-0.39, 0.29) is 0 Å². The van der Waals surface area contributed by atoms with Gasteiger partial charge in [-0.05, 0) is 0 Å². The second-order valence-corrected chi connectivity index (χ2v) is 1.66. The van der Waals surface area contributed by atoms with Crippen LogP contribution in [0.25, 0.3) is 0 Å². The van der Waals surface area contributed by atoms with Gasteiger partial charge in [0, 0.05) is 0 Å². The molecule has 1 aliphatic heterocycles. The van der Waals surface area contributed by atoms with E-state index in [4.69, 9.17) is 9.47 Å². The molecule has 4 nitrogen and oxygen atoms in total. The molecule has 0 aromatic heterocycles. The maximum atomic E-state index is 10.1. The molecular formula is C6H7NO3. The van der Waals surface area contributed by atoms with Gasteiger partial charge in [-0.1, -0.05) is 0 Å². The molecule has 0 N–H and O–H groups in total. The third kappa shape index (κ3) is 0.775. The fraction of sp³-hybridized carbons (Fsp3) is 0.333. The summed E-state index contributed by atoms with van der Waals surface area (Å²) in [4.78, 5) is 13.8. The first-order chi connectivity index (χ1) is 4.83. The van der Waals surface area contributed by atoms with Gasteiger partial charge in [-0.2, -0.15) is 0 Å². The summed E-state index contributed by atoms with van der Waals surface area (Å²) in [5.41, 5.74) is 0.305. The molecule has 0 radical (unpaired) electrons. The van der Waals surface area contributed by atoms with E-state index in [1.807, 2.05) is 0 Å². The number of carbonyl (C=O) groups excluding carboxylic acids is 1. The van der Waals surface area contributed by atoms with Gasteiger partial charge < -0.3 is 9.47 Å². The molecule has 54 valence electrons. The lowest BCUT2D eigenvalue weighted by Crippen LogP contribution is -2.18. The Labute approximate surface area is 58.2 Å². The molecule has 1 rings (SSSR count). The third-order valence-corrected chi connectivity index (χ3v) is 1.16. The van der Waals surface area contributed by atoms with Crippen LogP contribution in [-0.4, -0.2) is 26.2 Å². The molecule has 0 amide bonds. The lowest BCUT2D eigenvalue weighted by molar-refractivity contribution is -0.102. The molecule has 0 spiro atoms.